The molecule has 2 heterocycles. The van der Waals surface area contributed by atoms with Gasteiger partial charge in [0.05, 0.1) is 12.3 Å². The van der Waals surface area contributed by atoms with E-state index in [1.807, 2.05) is 0 Å². The lowest BCUT2D eigenvalue weighted by molar-refractivity contribution is 0.0531. The smallest absolute Gasteiger partial charge is 0.350 e. The maximum atomic E-state index is 13.7. The summed E-state index contributed by atoms with van der Waals surface area (Å²) in [5.41, 5.74) is 1.45. The summed E-state index contributed by atoms with van der Waals surface area (Å²) in [6.07, 6.45) is 0. The highest BCUT2D eigenvalue weighted by atomic mass is 32.1. The number of thiazole rings is 1. The number of ether oxygens (including phenoxy) is 1. The highest BCUT2D eigenvalue weighted by molar-refractivity contribution is 7.17. The summed E-state index contributed by atoms with van der Waals surface area (Å²) in [6.45, 7) is 5.26. The Hall–Kier alpha value is -3.07. The zero-order valence-electron chi connectivity index (χ0n) is 14.8. The average Bonchev–Trinajstić information content (AvgIpc) is 3.24. The van der Waals surface area contributed by atoms with Crippen LogP contribution in [-0.4, -0.2) is 28.6 Å². The van der Waals surface area contributed by atoms with E-state index in [4.69, 9.17) is 9.26 Å². The molecule has 1 N–H and O–H groups in total. The number of hydrogen-bond donors (Lipinski definition) is 1. The number of carbonyl (C=O) groups is 2. The molecule has 27 heavy (non-hydrogen) atoms. The fraction of sp³-hybridized carbons (Fsp3) is 0.222. The molecule has 140 valence electrons. The number of hydrogen-bond acceptors (Lipinski definition) is 7. The van der Waals surface area contributed by atoms with Gasteiger partial charge in [0, 0.05) is 11.6 Å². The SMILES string of the molecule is CCOC(=O)c1sc(NC(=O)c2cc(-c3ccc(C)c(F)c3)on2)nc1C. The molecule has 9 heteroatoms. The quantitative estimate of drug-likeness (QED) is 0.663. The third-order valence-corrected chi connectivity index (χ3v) is 4.73. The van der Waals surface area contributed by atoms with Crippen molar-refractivity contribution in [2.45, 2.75) is 20.8 Å². The second kappa shape index (κ2) is 7.67. The van der Waals surface area contributed by atoms with Crippen LogP contribution in [0.1, 0.15) is 38.3 Å². The van der Waals surface area contributed by atoms with Crippen LogP contribution in [0.3, 0.4) is 0 Å². The molecular weight excluding hydrogens is 373 g/mol. The zero-order valence-corrected chi connectivity index (χ0v) is 15.6. The first-order chi connectivity index (χ1) is 12.9. The molecular formula is C18H16FN3O4S. The van der Waals surface area contributed by atoms with Gasteiger partial charge < -0.3 is 9.26 Å². The summed E-state index contributed by atoms with van der Waals surface area (Å²) in [5.74, 6) is -1.15. The molecule has 0 spiro atoms. The van der Waals surface area contributed by atoms with Crippen LogP contribution in [0.15, 0.2) is 28.8 Å². The van der Waals surface area contributed by atoms with E-state index in [0.29, 0.717) is 21.7 Å². The third-order valence-electron chi connectivity index (χ3n) is 3.68. The number of aromatic nitrogens is 2. The molecule has 1 amide bonds. The number of anilines is 1. The van der Waals surface area contributed by atoms with Gasteiger partial charge in [0.1, 0.15) is 10.7 Å². The molecule has 0 saturated carbocycles. The first-order valence-electron chi connectivity index (χ1n) is 8.08. The Kier molecular flexibility index (Phi) is 5.31. The van der Waals surface area contributed by atoms with E-state index < -0.39 is 11.9 Å². The second-order valence-electron chi connectivity index (χ2n) is 5.65. The number of esters is 1. The van der Waals surface area contributed by atoms with E-state index in [9.17, 15) is 14.0 Å². The number of aryl methyl sites for hydroxylation is 2. The van der Waals surface area contributed by atoms with E-state index in [2.05, 4.69) is 15.5 Å². The Morgan fingerprint density at radius 1 is 1.30 bits per heavy atom. The van der Waals surface area contributed by atoms with Gasteiger partial charge in [0.2, 0.25) is 0 Å². The lowest BCUT2D eigenvalue weighted by atomic mass is 10.1. The normalized spacial score (nSPS) is 10.7. The fourth-order valence-electron chi connectivity index (χ4n) is 2.26. The monoisotopic (exact) mass is 389 g/mol. The van der Waals surface area contributed by atoms with E-state index in [1.165, 1.54) is 12.1 Å². The first kappa shape index (κ1) is 18.7. The van der Waals surface area contributed by atoms with Crippen LogP contribution in [0.5, 0.6) is 0 Å². The Bertz CT molecular complexity index is 1010. The number of nitrogens with one attached hydrogen (secondary N) is 1. The highest BCUT2D eigenvalue weighted by Crippen LogP contribution is 2.25. The van der Waals surface area contributed by atoms with Gasteiger partial charge in [0.25, 0.3) is 5.91 Å². The Morgan fingerprint density at radius 3 is 2.78 bits per heavy atom. The number of amides is 1. The van der Waals surface area contributed by atoms with E-state index in [1.54, 1.807) is 32.9 Å². The van der Waals surface area contributed by atoms with E-state index >= 15 is 0 Å². The predicted octanol–water partition coefficient (Wildman–Crippen LogP) is 3.98. The Morgan fingerprint density at radius 2 is 2.07 bits per heavy atom. The van der Waals surface area contributed by atoms with Crippen molar-refractivity contribution >= 4 is 28.3 Å². The summed E-state index contributed by atoms with van der Waals surface area (Å²) >= 11 is 1.01. The van der Waals surface area contributed by atoms with Crippen molar-refractivity contribution in [3.63, 3.8) is 0 Å². The minimum atomic E-state index is -0.554. The minimum absolute atomic E-state index is 0.0107. The lowest BCUT2D eigenvalue weighted by Gasteiger charge is -1.98. The fourth-order valence-corrected chi connectivity index (χ4v) is 3.12. The predicted molar refractivity (Wildman–Crippen MR) is 97.4 cm³/mol. The van der Waals surface area contributed by atoms with Crippen LogP contribution in [-0.2, 0) is 4.74 Å². The van der Waals surface area contributed by atoms with Crippen molar-refractivity contribution in [2.24, 2.45) is 0 Å². The molecule has 0 bridgehead atoms. The molecule has 0 aliphatic carbocycles. The summed E-state index contributed by atoms with van der Waals surface area (Å²) in [7, 11) is 0. The molecule has 7 nitrogen and oxygen atoms in total. The molecule has 0 atom stereocenters. The Labute approximate surface area is 158 Å². The number of rotatable bonds is 5. The van der Waals surface area contributed by atoms with Gasteiger partial charge in [0.15, 0.2) is 16.6 Å². The maximum Gasteiger partial charge on any atom is 0.350 e. The zero-order chi connectivity index (χ0) is 19.6. The topological polar surface area (TPSA) is 94.3 Å². The number of halogens is 1. The van der Waals surface area contributed by atoms with Gasteiger partial charge in [-0.25, -0.2) is 14.2 Å². The maximum absolute atomic E-state index is 13.7. The van der Waals surface area contributed by atoms with Crippen molar-refractivity contribution in [3.8, 4) is 11.3 Å². The van der Waals surface area contributed by atoms with Crippen molar-refractivity contribution in [1.29, 1.82) is 0 Å². The number of carbonyl (C=O) groups excluding carboxylic acids is 2. The van der Waals surface area contributed by atoms with E-state index in [0.717, 1.165) is 11.3 Å². The van der Waals surface area contributed by atoms with Gasteiger partial charge >= 0.3 is 5.97 Å². The summed E-state index contributed by atoms with van der Waals surface area (Å²) in [6, 6.07) is 6.01. The molecule has 0 aliphatic rings. The average molecular weight is 389 g/mol. The molecule has 0 unspecified atom stereocenters. The Balaban J connectivity index is 1.76. The first-order valence-corrected chi connectivity index (χ1v) is 8.89. The van der Waals surface area contributed by atoms with Gasteiger partial charge in [-0.3, -0.25) is 10.1 Å². The van der Waals surface area contributed by atoms with Crippen LogP contribution in [0.25, 0.3) is 11.3 Å². The van der Waals surface area contributed by atoms with Crippen LogP contribution in [0.4, 0.5) is 9.52 Å². The van der Waals surface area contributed by atoms with Crippen LogP contribution >= 0.6 is 11.3 Å². The summed E-state index contributed by atoms with van der Waals surface area (Å²) in [4.78, 5) is 28.6. The van der Waals surface area contributed by atoms with Crippen LogP contribution in [0, 0.1) is 19.7 Å². The van der Waals surface area contributed by atoms with Gasteiger partial charge in [-0.2, -0.15) is 0 Å². The van der Waals surface area contributed by atoms with Crippen molar-refractivity contribution in [1.82, 2.24) is 10.1 Å². The molecule has 3 aromatic rings. The number of nitrogens with zero attached hydrogens (tertiary/aromatic N) is 2. The van der Waals surface area contributed by atoms with Crippen LogP contribution < -0.4 is 5.32 Å². The third kappa shape index (κ3) is 4.03. The highest BCUT2D eigenvalue weighted by Gasteiger charge is 2.20. The molecule has 0 aliphatic heterocycles. The molecule has 0 saturated heterocycles. The van der Waals surface area contributed by atoms with Crippen molar-refractivity contribution in [2.75, 3.05) is 11.9 Å². The van der Waals surface area contributed by atoms with Gasteiger partial charge in [-0.1, -0.05) is 28.6 Å². The van der Waals surface area contributed by atoms with Crippen molar-refractivity contribution in [3.05, 3.63) is 51.9 Å². The molecule has 0 fully saturated rings. The molecule has 1 aromatic carbocycles. The summed E-state index contributed by atoms with van der Waals surface area (Å²) in [5, 5.41) is 6.52. The molecule has 3 rings (SSSR count). The van der Waals surface area contributed by atoms with E-state index in [-0.39, 0.29) is 29.0 Å². The summed E-state index contributed by atoms with van der Waals surface area (Å²) < 4.78 is 23.8. The molecule has 2 aromatic heterocycles. The standard InChI is InChI=1S/C18H16FN3O4S/c1-4-25-17(24)15-10(3)20-18(27-15)21-16(23)13-8-14(26-22-13)11-6-5-9(2)12(19)7-11/h5-8H,4H2,1-3H3,(H,20,21,23). The van der Waals surface area contributed by atoms with Crippen LogP contribution in [0.2, 0.25) is 0 Å². The lowest BCUT2D eigenvalue weighted by Crippen LogP contribution is -2.11. The van der Waals surface area contributed by atoms with Gasteiger partial charge in [-0.05, 0) is 32.4 Å². The minimum Gasteiger partial charge on any atom is -0.462 e. The largest absolute Gasteiger partial charge is 0.462 e. The van der Waals surface area contributed by atoms with Gasteiger partial charge in [-0.15, -0.1) is 0 Å². The second-order valence-corrected chi connectivity index (χ2v) is 6.65. The molecule has 0 radical (unpaired) electrons. The number of benzene rings is 1. The van der Waals surface area contributed by atoms with Crippen molar-refractivity contribution < 1.29 is 23.2 Å².